The van der Waals surface area contributed by atoms with Gasteiger partial charge in [0.05, 0.1) is 17.6 Å². The molecule has 0 saturated carbocycles. The molecule has 2 heterocycles. The predicted octanol–water partition coefficient (Wildman–Crippen LogP) is 4.87. The first kappa shape index (κ1) is 23.1. The number of benzene rings is 3. The minimum Gasteiger partial charge on any atom is -0.491 e. The average molecular weight is 470 g/mol. The summed E-state index contributed by atoms with van der Waals surface area (Å²) in [6.45, 7) is 5.20. The van der Waals surface area contributed by atoms with Gasteiger partial charge in [0.1, 0.15) is 24.3 Å². The van der Waals surface area contributed by atoms with E-state index in [2.05, 4.69) is 23.6 Å². The van der Waals surface area contributed by atoms with Gasteiger partial charge in [0.25, 0.3) is 0 Å². The van der Waals surface area contributed by atoms with Crippen molar-refractivity contribution in [2.45, 2.75) is 45.3 Å². The average Bonchev–Trinajstić information content (AvgIpc) is 3.44. The molecule has 6 nitrogen and oxygen atoms in total. The van der Waals surface area contributed by atoms with Crippen LogP contribution in [0.25, 0.3) is 11.0 Å². The van der Waals surface area contributed by atoms with Crippen molar-refractivity contribution in [1.29, 1.82) is 0 Å². The summed E-state index contributed by atoms with van der Waals surface area (Å²) < 4.78 is 7.95. The number of rotatable bonds is 8. The van der Waals surface area contributed by atoms with E-state index in [1.807, 2.05) is 72.5 Å². The fourth-order valence-electron chi connectivity index (χ4n) is 4.81. The summed E-state index contributed by atoms with van der Waals surface area (Å²) in [5.41, 5.74) is 5.03. The van der Waals surface area contributed by atoms with Gasteiger partial charge in [0.15, 0.2) is 0 Å². The molecule has 0 aliphatic carbocycles. The summed E-state index contributed by atoms with van der Waals surface area (Å²) in [6.07, 6.45) is 0.645. The van der Waals surface area contributed by atoms with Crippen molar-refractivity contribution in [3.05, 3.63) is 89.7 Å². The first-order chi connectivity index (χ1) is 17.0. The number of aromatic nitrogens is 2. The molecule has 6 heteroatoms. The Morgan fingerprint density at radius 1 is 1.06 bits per heavy atom. The third kappa shape index (κ3) is 4.80. The molecule has 2 atom stereocenters. The molecule has 1 aliphatic heterocycles. The smallest absolute Gasteiger partial charge is 0.227 e. The summed E-state index contributed by atoms with van der Waals surface area (Å²) in [5.74, 6) is 1.65. The molecule has 35 heavy (non-hydrogen) atoms. The highest BCUT2D eigenvalue weighted by Gasteiger charge is 2.35. The maximum absolute atomic E-state index is 13.0. The van der Waals surface area contributed by atoms with E-state index in [-0.39, 0.29) is 18.4 Å². The minimum absolute atomic E-state index is 0.0507. The number of hydrogen-bond acceptors (Lipinski definition) is 4. The van der Waals surface area contributed by atoms with E-state index < -0.39 is 6.10 Å². The number of aliphatic hydroxyl groups excluding tert-OH is 1. The van der Waals surface area contributed by atoms with Crippen molar-refractivity contribution in [3.63, 3.8) is 0 Å². The third-order valence-electron chi connectivity index (χ3n) is 6.75. The summed E-state index contributed by atoms with van der Waals surface area (Å²) in [6, 6.07) is 23.9. The summed E-state index contributed by atoms with van der Waals surface area (Å²) in [4.78, 5) is 19.7. The number of imidazole rings is 1. The summed E-state index contributed by atoms with van der Waals surface area (Å²) in [7, 11) is 0. The Kier molecular flexibility index (Phi) is 6.55. The van der Waals surface area contributed by atoms with Crippen molar-refractivity contribution < 1.29 is 14.6 Å². The van der Waals surface area contributed by atoms with E-state index in [1.54, 1.807) is 0 Å². The molecule has 4 aromatic rings. The molecule has 180 valence electrons. The van der Waals surface area contributed by atoms with Crippen molar-refractivity contribution in [2.75, 3.05) is 18.1 Å². The number of carbonyl (C=O) groups is 1. The topological polar surface area (TPSA) is 67.6 Å². The fourth-order valence-corrected chi connectivity index (χ4v) is 4.81. The standard InChI is InChI=1S/C29H31N3O3/c1-3-21-12-14-23(15-13-21)31-17-22(16-28(31)34)29-30-25-9-5-6-10-26(25)32(29)18-24(33)19-35-27-11-7-4-8-20(27)2/h4-15,22,24,33H,3,16-19H2,1-2H3/t22-,24+/m1/s1. The zero-order valence-corrected chi connectivity index (χ0v) is 20.2. The van der Waals surface area contributed by atoms with Crippen LogP contribution in [0.5, 0.6) is 5.75 Å². The lowest BCUT2D eigenvalue weighted by Gasteiger charge is -2.19. The van der Waals surface area contributed by atoms with Crippen LogP contribution in [-0.4, -0.2) is 39.8 Å². The van der Waals surface area contributed by atoms with E-state index in [0.717, 1.165) is 40.3 Å². The van der Waals surface area contributed by atoms with Crippen LogP contribution in [-0.2, 0) is 17.8 Å². The fraction of sp³-hybridized carbons (Fsp3) is 0.310. The van der Waals surface area contributed by atoms with Gasteiger partial charge in [-0.05, 0) is 54.8 Å². The van der Waals surface area contributed by atoms with Crippen molar-refractivity contribution in [1.82, 2.24) is 9.55 Å². The molecule has 1 amide bonds. The molecule has 0 spiro atoms. The quantitative estimate of drug-likeness (QED) is 0.400. The molecule has 1 fully saturated rings. The number of carbonyl (C=O) groups excluding carboxylic acids is 1. The summed E-state index contributed by atoms with van der Waals surface area (Å²) in [5, 5.41) is 10.9. The van der Waals surface area contributed by atoms with Crippen LogP contribution in [0.15, 0.2) is 72.8 Å². The van der Waals surface area contributed by atoms with Gasteiger partial charge in [0.2, 0.25) is 5.91 Å². The normalized spacial score (nSPS) is 16.7. The van der Waals surface area contributed by atoms with Gasteiger partial charge in [0, 0.05) is 24.6 Å². The Bertz CT molecular complexity index is 1330. The van der Waals surface area contributed by atoms with E-state index >= 15 is 0 Å². The molecule has 0 unspecified atom stereocenters. The first-order valence-corrected chi connectivity index (χ1v) is 12.2. The lowest BCUT2D eigenvalue weighted by molar-refractivity contribution is -0.117. The van der Waals surface area contributed by atoms with Crippen molar-refractivity contribution in [2.24, 2.45) is 0 Å². The molecule has 5 rings (SSSR count). The lowest BCUT2D eigenvalue weighted by Crippen LogP contribution is -2.26. The number of ether oxygens (including phenoxy) is 1. The molecule has 0 radical (unpaired) electrons. The highest BCUT2D eigenvalue weighted by Crippen LogP contribution is 2.33. The van der Waals surface area contributed by atoms with Gasteiger partial charge in [-0.2, -0.15) is 0 Å². The molecule has 1 aliphatic rings. The zero-order chi connectivity index (χ0) is 24.4. The third-order valence-corrected chi connectivity index (χ3v) is 6.75. The maximum atomic E-state index is 13.0. The van der Waals surface area contributed by atoms with E-state index in [1.165, 1.54) is 5.56 Å². The number of para-hydroxylation sites is 3. The highest BCUT2D eigenvalue weighted by atomic mass is 16.5. The number of aryl methyl sites for hydroxylation is 2. The van der Waals surface area contributed by atoms with Crippen LogP contribution in [0.1, 0.15) is 36.2 Å². The van der Waals surface area contributed by atoms with Gasteiger partial charge in [-0.25, -0.2) is 4.98 Å². The molecule has 1 N–H and O–H groups in total. The Labute approximate surface area is 205 Å². The molecule has 1 aromatic heterocycles. The monoisotopic (exact) mass is 469 g/mol. The predicted molar refractivity (Wildman–Crippen MR) is 138 cm³/mol. The SMILES string of the molecule is CCc1ccc(N2C[C@H](c3nc4ccccc4n3C[C@H](O)COc3ccccc3C)CC2=O)cc1. The Hall–Kier alpha value is -3.64. The van der Waals surface area contributed by atoms with E-state index in [9.17, 15) is 9.90 Å². The molecule has 1 saturated heterocycles. The number of nitrogens with zero attached hydrogens (tertiary/aromatic N) is 3. The molecular formula is C29H31N3O3. The van der Waals surface area contributed by atoms with Gasteiger partial charge in [-0.15, -0.1) is 0 Å². The van der Waals surface area contributed by atoms with Crippen LogP contribution >= 0.6 is 0 Å². The number of anilines is 1. The van der Waals surface area contributed by atoms with Gasteiger partial charge >= 0.3 is 0 Å². The van der Waals surface area contributed by atoms with Crippen molar-refractivity contribution in [3.8, 4) is 5.75 Å². The van der Waals surface area contributed by atoms with Gasteiger partial charge < -0.3 is 19.3 Å². The maximum Gasteiger partial charge on any atom is 0.227 e. The minimum atomic E-state index is -0.722. The van der Waals surface area contributed by atoms with Gasteiger partial charge in [-0.1, -0.05) is 49.4 Å². The van der Waals surface area contributed by atoms with Crippen LogP contribution in [0.2, 0.25) is 0 Å². The second kappa shape index (κ2) is 9.92. The van der Waals surface area contributed by atoms with E-state index in [0.29, 0.717) is 19.5 Å². The number of amides is 1. The highest BCUT2D eigenvalue weighted by molar-refractivity contribution is 5.96. The number of aliphatic hydroxyl groups is 1. The lowest BCUT2D eigenvalue weighted by atomic mass is 10.1. The van der Waals surface area contributed by atoms with Crippen molar-refractivity contribution >= 4 is 22.6 Å². The van der Waals surface area contributed by atoms with Crippen LogP contribution < -0.4 is 9.64 Å². The Balaban J connectivity index is 1.37. The summed E-state index contributed by atoms with van der Waals surface area (Å²) >= 11 is 0. The molecule has 3 aromatic carbocycles. The number of fused-ring (bicyclic) bond motifs is 1. The molecule has 0 bridgehead atoms. The second-order valence-corrected chi connectivity index (χ2v) is 9.23. The van der Waals surface area contributed by atoms with Crippen LogP contribution in [0.3, 0.4) is 0 Å². The van der Waals surface area contributed by atoms with Gasteiger partial charge in [-0.3, -0.25) is 4.79 Å². The number of hydrogen-bond donors (Lipinski definition) is 1. The molecular weight excluding hydrogens is 438 g/mol. The first-order valence-electron chi connectivity index (χ1n) is 12.2. The van der Waals surface area contributed by atoms with Crippen LogP contribution in [0.4, 0.5) is 5.69 Å². The Morgan fingerprint density at radius 3 is 2.57 bits per heavy atom. The van der Waals surface area contributed by atoms with Crippen LogP contribution in [0, 0.1) is 6.92 Å². The van der Waals surface area contributed by atoms with E-state index in [4.69, 9.17) is 9.72 Å². The zero-order valence-electron chi connectivity index (χ0n) is 20.2. The second-order valence-electron chi connectivity index (χ2n) is 9.23. The largest absolute Gasteiger partial charge is 0.491 e. The Morgan fingerprint density at radius 2 is 1.80 bits per heavy atom.